The normalized spacial score (nSPS) is 16.8. The smallest absolute Gasteiger partial charge is 0.130 e. The molecular weight excluding hydrogens is 342 g/mol. The summed E-state index contributed by atoms with van der Waals surface area (Å²) in [5.41, 5.74) is 4.73. The number of piperazine rings is 1. The molecule has 3 aromatic rings. The van der Waals surface area contributed by atoms with Crippen LogP contribution in [0.3, 0.4) is 0 Å². The predicted molar refractivity (Wildman–Crippen MR) is 120 cm³/mol. The van der Waals surface area contributed by atoms with Gasteiger partial charge in [0.25, 0.3) is 0 Å². The highest BCUT2D eigenvalue weighted by Gasteiger charge is 2.23. The van der Waals surface area contributed by atoms with Gasteiger partial charge in [-0.1, -0.05) is 55.1 Å². The fraction of sp³-hybridized carbons (Fsp3) is 0.240. The summed E-state index contributed by atoms with van der Waals surface area (Å²) < 4.78 is 0. The topological polar surface area (TPSA) is 18.8 Å². The van der Waals surface area contributed by atoms with Gasteiger partial charge in [0.05, 0.1) is 5.69 Å². The van der Waals surface area contributed by atoms with E-state index < -0.39 is 0 Å². The maximum absolute atomic E-state index is 5.16. The minimum absolute atomic E-state index is 1.02. The lowest BCUT2D eigenvalue weighted by Gasteiger charge is -2.33. The van der Waals surface area contributed by atoms with E-state index in [1.807, 2.05) is 0 Å². The average molecular weight is 367 g/mol. The Bertz CT molecular complexity index is 1210. The van der Waals surface area contributed by atoms with Crippen LogP contribution >= 0.6 is 0 Å². The summed E-state index contributed by atoms with van der Waals surface area (Å²) in [6, 6.07) is 17.1. The first-order chi connectivity index (χ1) is 13.6. The maximum Gasteiger partial charge on any atom is 0.130 e. The number of rotatable bonds is 1. The highest BCUT2D eigenvalue weighted by molar-refractivity contribution is 6.16. The van der Waals surface area contributed by atoms with E-state index in [2.05, 4.69) is 85.0 Å². The molecule has 3 nitrogen and oxygen atoms in total. The molecule has 3 aromatic carbocycles. The summed E-state index contributed by atoms with van der Waals surface area (Å²) in [6.07, 6.45) is 2.28. The second-order valence-electron chi connectivity index (χ2n) is 7.88. The van der Waals surface area contributed by atoms with E-state index in [9.17, 15) is 0 Å². The van der Waals surface area contributed by atoms with Crippen molar-refractivity contribution in [3.8, 4) is 11.1 Å². The van der Waals surface area contributed by atoms with Crippen LogP contribution in [0.2, 0.25) is 0 Å². The van der Waals surface area contributed by atoms with Crippen molar-refractivity contribution in [3.05, 3.63) is 64.5 Å². The molecule has 5 rings (SSSR count). The molecule has 0 spiro atoms. The third kappa shape index (κ3) is 2.66. The lowest BCUT2D eigenvalue weighted by atomic mass is 9.93. The molecule has 0 bridgehead atoms. The Morgan fingerprint density at radius 1 is 0.893 bits per heavy atom. The molecule has 2 aliphatic heterocycles. The molecule has 0 saturated carbocycles. The number of amidine groups is 1. The average Bonchev–Trinajstić information content (AvgIpc) is 3.15. The SMILES string of the molecule is C=c1c(-c2ccccc2C)c2c(c3ccccc13)=CC(N1CCN(C)CC1)=N2. The molecule has 28 heavy (non-hydrogen) atoms. The van der Waals surface area contributed by atoms with Crippen molar-refractivity contribution >= 4 is 35.0 Å². The van der Waals surface area contributed by atoms with Crippen LogP contribution in [-0.4, -0.2) is 48.9 Å². The molecule has 0 N–H and O–H groups in total. The highest BCUT2D eigenvalue weighted by atomic mass is 15.3. The van der Waals surface area contributed by atoms with Gasteiger partial charge in [-0.25, -0.2) is 4.99 Å². The quantitative estimate of drug-likeness (QED) is 0.657. The molecule has 2 heterocycles. The first-order valence-electron chi connectivity index (χ1n) is 9.97. The van der Waals surface area contributed by atoms with Gasteiger partial charge >= 0.3 is 0 Å². The summed E-state index contributed by atoms with van der Waals surface area (Å²) in [5.74, 6) is 1.09. The zero-order chi connectivity index (χ0) is 19.3. The van der Waals surface area contributed by atoms with Gasteiger partial charge < -0.3 is 9.80 Å². The van der Waals surface area contributed by atoms with E-state index in [0.717, 1.165) is 42.9 Å². The van der Waals surface area contributed by atoms with Gasteiger partial charge in [0.1, 0.15) is 5.84 Å². The van der Waals surface area contributed by atoms with Crippen molar-refractivity contribution in [2.45, 2.75) is 6.92 Å². The van der Waals surface area contributed by atoms with Crippen LogP contribution < -0.4 is 10.4 Å². The molecular formula is C25H25N3. The van der Waals surface area contributed by atoms with Crippen molar-refractivity contribution in [2.24, 2.45) is 4.99 Å². The number of fused-ring (bicyclic) bond motifs is 3. The molecule has 3 heteroatoms. The number of likely N-dealkylation sites (N-methyl/N-ethyl adjacent to an activating group) is 1. The van der Waals surface area contributed by atoms with E-state index >= 15 is 0 Å². The van der Waals surface area contributed by atoms with Gasteiger partial charge in [-0.3, -0.25) is 0 Å². The van der Waals surface area contributed by atoms with Crippen molar-refractivity contribution in [1.82, 2.24) is 9.80 Å². The zero-order valence-electron chi connectivity index (χ0n) is 16.6. The van der Waals surface area contributed by atoms with Gasteiger partial charge in [-0.05, 0) is 47.2 Å². The Kier molecular flexibility index (Phi) is 4.06. The van der Waals surface area contributed by atoms with Crippen molar-refractivity contribution in [3.63, 3.8) is 0 Å². The maximum atomic E-state index is 5.16. The zero-order valence-corrected chi connectivity index (χ0v) is 16.6. The van der Waals surface area contributed by atoms with Gasteiger partial charge in [-0.2, -0.15) is 0 Å². The summed E-state index contributed by atoms with van der Waals surface area (Å²) in [5, 5.41) is 4.76. The second kappa shape index (κ2) is 6.61. The number of hydrogen-bond acceptors (Lipinski definition) is 3. The van der Waals surface area contributed by atoms with Crippen molar-refractivity contribution < 1.29 is 0 Å². The van der Waals surface area contributed by atoms with Crippen LogP contribution in [-0.2, 0) is 0 Å². The molecule has 0 aliphatic carbocycles. The van der Waals surface area contributed by atoms with Crippen LogP contribution in [0, 0.1) is 6.92 Å². The molecule has 140 valence electrons. The Labute approximate surface area is 165 Å². The minimum Gasteiger partial charge on any atom is -0.354 e. The third-order valence-electron chi connectivity index (χ3n) is 6.08. The molecule has 1 saturated heterocycles. The Morgan fingerprint density at radius 3 is 2.32 bits per heavy atom. The lowest BCUT2D eigenvalue weighted by molar-refractivity contribution is 0.217. The summed E-state index contributed by atoms with van der Waals surface area (Å²) >= 11 is 0. The molecule has 0 aromatic heterocycles. The van der Waals surface area contributed by atoms with E-state index in [1.165, 1.54) is 32.7 Å². The van der Waals surface area contributed by atoms with Crippen LogP contribution in [0.15, 0.2) is 53.5 Å². The van der Waals surface area contributed by atoms with Crippen molar-refractivity contribution in [2.75, 3.05) is 33.2 Å². The molecule has 0 amide bonds. The predicted octanol–water partition coefficient (Wildman–Crippen LogP) is 3.30. The van der Waals surface area contributed by atoms with E-state index in [-0.39, 0.29) is 0 Å². The highest BCUT2D eigenvalue weighted by Crippen LogP contribution is 2.31. The molecule has 1 fully saturated rings. The lowest BCUT2D eigenvalue weighted by Crippen LogP contribution is -2.46. The number of nitrogens with zero attached hydrogens (tertiary/aromatic N) is 3. The summed E-state index contributed by atoms with van der Waals surface area (Å²) in [4.78, 5) is 9.95. The summed E-state index contributed by atoms with van der Waals surface area (Å²) in [7, 11) is 2.19. The third-order valence-corrected chi connectivity index (χ3v) is 6.08. The minimum atomic E-state index is 1.02. The van der Waals surface area contributed by atoms with Crippen LogP contribution in [0.25, 0.3) is 34.6 Å². The molecule has 0 atom stereocenters. The largest absolute Gasteiger partial charge is 0.354 e. The Hall–Kier alpha value is -2.91. The molecule has 0 unspecified atom stereocenters. The van der Waals surface area contributed by atoms with Gasteiger partial charge in [0.2, 0.25) is 0 Å². The second-order valence-corrected chi connectivity index (χ2v) is 7.88. The number of aliphatic imine (C=N–C) groups is 1. The van der Waals surface area contributed by atoms with Gasteiger partial charge in [-0.15, -0.1) is 0 Å². The Balaban J connectivity index is 1.77. The first kappa shape index (κ1) is 17.2. The molecule has 0 radical (unpaired) electrons. The van der Waals surface area contributed by atoms with Gasteiger partial charge in [0.15, 0.2) is 0 Å². The monoisotopic (exact) mass is 367 g/mol. The van der Waals surface area contributed by atoms with Crippen LogP contribution in [0.5, 0.6) is 0 Å². The van der Waals surface area contributed by atoms with E-state index in [0.29, 0.717) is 0 Å². The van der Waals surface area contributed by atoms with Crippen LogP contribution in [0.4, 0.5) is 5.69 Å². The van der Waals surface area contributed by atoms with Crippen molar-refractivity contribution in [1.29, 1.82) is 0 Å². The van der Waals surface area contributed by atoms with E-state index in [4.69, 9.17) is 4.99 Å². The number of aryl methyl sites for hydroxylation is 1. The summed E-state index contributed by atoms with van der Waals surface area (Å²) in [6.45, 7) is 10.9. The van der Waals surface area contributed by atoms with Gasteiger partial charge in [0, 0.05) is 37.0 Å². The standard InChI is InChI=1S/C25H25N3/c1-17-8-4-5-9-19(17)24-18(2)20-10-6-7-11-21(20)22-16-23(26-25(22)24)28-14-12-27(3)13-15-28/h4-11,16H,2,12-15H2,1,3H3. The first-order valence-corrected chi connectivity index (χ1v) is 9.97. The number of benzene rings is 3. The van der Waals surface area contributed by atoms with Crippen LogP contribution in [0.1, 0.15) is 5.56 Å². The van der Waals surface area contributed by atoms with E-state index in [1.54, 1.807) is 0 Å². The Morgan fingerprint density at radius 2 is 1.57 bits per heavy atom. The fourth-order valence-electron chi connectivity index (χ4n) is 4.40. The molecule has 2 aliphatic rings. The number of hydrogen-bond donors (Lipinski definition) is 0. The fourth-order valence-corrected chi connectivity index (χ4v) is 4.40.